The fourth-order valence-corrected chi connectivity index (χ4v) is 1.05. The molecule has 3 nitrogen and oxygen atoms in total. The third-order valence-electron chi connectivity index (χ3n) is 1.88. The molecule has 106 valence electrons. The minimum atomic E-state index is -4.62. The summed E-state index contributed by atoms with van der Waals surface area (Å²) in [6.45, 7) is -1.70. The average Bonchev–Trinajstić information content (AvgIpc) is 2.26. The van der Waals surface area contributed by atoms with E-state index in [0.29, 0.717) is 12.1 Å². The Morgan fingerprint density at radius 2 is 1.58 bits per heavy atom. The van der Waals surface area contributed by atoms with E-state index in [2.05, 4.69) is 4.84 Å². The number of rotatable bonds is 3. The highest BCUT2D eigenvalue weighted by atomic mass is 19.4. The summed E-state index contributed by atoms with van der Waals surface area (Å²) in [6.07, 6.45) is -9.17. The first-order valence-corrected chi connectivity index (χ1v) is 4.76. The van der Waals surface area contributed by atoms with Crippen LogP contribution in [0, 0.1) is 0 Å². The molecule has 1 N–H and O–H groups in total. The van der Waals surface area contributed by atoms with Crippen molar-refractivity contribution in [2.24, 2.45) is 0 Å². The SMILES string of the molecule is O=C(NOCC(F)(F)F)c1ccc(C(F)(F)F)cc1. The summed E-state index contributed by atoms with van der Waals surface area (Å²) in [7, 11) is 0. The van der Waals surface area contributed by atoms with E-state index in [0.717, 1.165) is 12.1 Å². The standard InChI is InChI=1S/C10H7F6NO2/c11-9(12,13)5-19-17-8(18)6-1-3-7(4-2-6)10(14,15)16/h1-4H,5H2,(H,17,18). The molecule has 1 rings (SSSR count). The number of hydrogen-bond donors (Lipinski definition) is 1. The number of amides is 1. The molecule has 0 aliphatic carbocycles. The number of alkyl halides is 6. The second-order valence-corrected chi connectivity index (χ2v) is 3.41. The summed E-state index contributed by atoms with van der Waals surface area (Å²) >= 11 is 0. The number of hydroxylamine groups is 1. The molecule has 0 unspecified atom stereocenters. The van der Waals surface area contributed by atoms with Crippen molar-refractivity contribution in [2.75, 3.05) is 6.61 Å². The first-order chi connectivity index (χ1) is 8.59. The number of benzene rings is 1. The van der Waals surface area contributed by atoms with Crippen LogP contribution >= 0.6 is 0 Å². The van der Waals surface area contributed by atoms with Crippen LogP contribution < -0.4 is 5.48 Å². The molecular weight excluding hydrogens is 280 g/mol. The summed E-state index contributed by atoms with van der Waals surface area (Å²) < 4.78 is 71.7. The van der Waals surface area contributed by atoms with Gasteiger partial charge in [0.05, 0.1) is 5.56 Å². The number of halogens is 6. The fourth-order valence-electron chi connectivity index (χ4n) is 1.05. The Morgan fingerprint density at radius 1 is 1.05 bits per heavy atom. The third-order valence-corrected chi connectivity index (χ3v) is 1.88. The van der Waals surface area contributed by atoms with Crippen LogP contribution in [-0.2, 0) is 11.0 Å². The molecule has 0 saturated heterocycles. The molecule has 9 heteroatoms. The predicted molar refractivity (Wildman–Crippen MR) is 50.9 cm³/mol. The van der Waals surface area contributed by atoms with Crippen molar-refractivity contribution in [3.05, 3.63) is 35.4 Å². The maximum atomic E-state index is 12.2. The summed E-state index contributed by atoms with van der Waals surface area (Å²) in [5, 5.41) is 0. The lowest BCUT2D eigenvalue weighted by Gasteiger charge is -2.09. The van der Waals surface area contributed by atoms with Gasteiger partial charge < -0.3 is 0 Å². The van der Waals surface area contributed by atoms with Gasteiger partial charge in [0, 0.05) is 5.56 Å². The Hall–Kier alpha value is -1.77. The van der Waals surface area contributed by atoms with Crippen LogP contribution in [0.15, 0.2) is 24.3 Å². The van der Waals surface area contributed by atoms with Gasteiger partial charge in [0.15, 0.2) is 6.61 Å². The molecule has 0 aliphatic heterocycles. The average molecular weight is 287 g/mol. The predicted octanol–water partition coefficient (Wildman–Crippen LogP) is 2.93. The van der Waals surface area contributed by atoms with Gasteiger partial charge in [-0.1, -0.05) is 0 Å². The van der Waals surface area contributed by atoms with Gasteiger partial charge in [0.2, 0.25) is 0 Å². The van der Waals surface area contributed by atoms with Crippen LogP contribution in [0.5, 0.6) is 0 Å². The Balaban J connectivity index is 2.59. The number of carbonyl (C=O) groups excluding carboxylic acids is 1. The number of carbonyl (C=O) groups is 1. The van der Waals surface area contributed by atoms with E-state index < -0.39 is 30.4 Å². The maximum Gasteiger partial charge on any atom is 0.416 e. The van der Waals surface area contributed by atoms with E-state index in [-0.39, 0.29) is 5.56 Å². The Labute approximate surface area is 103 Å². The molecule has 0 bridgehead atoms. The van der Waals surface area contributed by atoms with Crippen molar-refractivity contribution in [2.45, 2.75) is 12.4 Å². The molecule has 0 atom stereocenters. The van der Waals surface area contributed by atoms with Gasteiger partial charge in [0.1, 0.15) is 0 Å². The van der Waals surface area contributed by atoms with Crippen LogP contribution in [-0.4, -0.2) is 18.7 Å². The molecule has 0 aliphatic rings. The van der Waals surface area contributed by atoms with Crippen molar-refractivity contribution in [1.29, 1.82) is 0 Å². The lowest BCUT2D eigenvalue weighted by atomic mass is 10.1. The van der Waals surface area contributed by atoms with Gasteiger partial charge >= 0.3 is 12.4 Å². The van der Waals surface area contributed by atoms with E-state index in [1.165, 1.54) is 5.48 Å². The highest BCUT2D eigenvalue weighted by molar-refractivity contribution is 5.93. The molecule has 0 spiro atoms. The zero-order chi connectivity index (χ0) is 14.7. The second kappa shape index (κ2) is 5.47. The highest BCUT2D eigenvalue weighted by Crippen LogP contribution is 2.29. The molecule has 1 amide bonds. The van der Waals surface area contributed by atoms with E-state index in [9.17, 15) is 31.1 Å². The number of hydrogen-bond acceptors (Lipinski definition) is 2. The third kappa shape index (κ3) is 5.16. The van der Waals surface area contributed by atoms with Crippen LogP contribution in [0.3, 0.4) is 0 Å². The lowest BCUT2D eigenvalue weighted by molar-refractivity contribution is -0.184. The zero-order valence-corrected chi connectivity index (χ0v) is 9.10. The first-order valence-electron chi connectivity index (χ1n) is 4.76. The minimum absolute atomic E-state index is 0.254. The Bertz CT molecular complexity index is 437. The topological polar surface area (TPSA) is 38.3 Å². The van der Waals surface area contributed by atoms with Crippen LogP contribution in [0.4, 0.5) is 26.3 Å². The van der Waals surface area contributed by atoms with Crippen molar-refractivity contribution in [1.82, 2.24) is 5.48 Å². The van der Waals surface area contributed by atoms with Crippen molar-refractivity contribution >= 4 is 5.91 Å². The fraction of sp³-hybridized carbons (Fsp3) is 0.300. The molecule has 0 fully saturated rings. The van der Waals surface area contributed by atoms with Gasteiger partial charge in [-0.2, -0.15) is 26.3 Å². The Morgan fingerprint density at radius 3 is 2.00 bits per heavy atom. The van der Waals surface area contributed by atoms with Crippen LogP contribution in [0.1, 0.15) is 15.9 Å². The molecule has 0 heterocycles. The molecule has 1 aromatic carbocycles. The first kappa shape index (κ1) is 15.3. The number of nitrogens with one attached hydrogen (secondary N) is 1. The lowest BCUT2D eigenvalue weighted by Crippen LogP contribution is -2.29. The molecule has 1 aromatic rings. The normalized spacial score (nSPS) is 12.3. The zero-order valence-electron chi connectivity index (χ0n) is 9.10. The molecule has 19 heavy (non-hydrogen) atoms. The van der Waals surface area contributed by atoms with Gasteiger partial charge in [-0.3, -0.25) is 9.63 Å². The van der Waals surface area contributed by atoms with Crippen LogP contribution in [0.25, 0.3) is 0 Å². The van der Waals surface area contributed by atoms with E-state index >= 15 is 0 Å². The van der Waals surface area contributed by atoms with E-state index in [1.54, 1.807) is 0 Å². The quantitative estimate of drug-likeness (QED) is 0.685. The van der Waals surface area contributed by atoms with Gasteiger partial charge in [-0.15, -0.1) is 0 Å². The maximum absolute atomic E-state index is 12.2. The van der Waals surface area contributed by atoms with E-state index in [1.807, 2.05) is 0 Å². The highest BCUT2D eigenvalue weighted by Gasteiger charge is 2.30. The van der Waals surface area contributed by atoms with Gasteiger partial charge in [-0.25, -0.2) is 5.48 Å². The molecular formula is C10H7F6NO2. The second-order valence-electron chi connectivity index (χ2n) is 3.41. The smallest absolute Gasteiger partial charge is 0.267 e. The van der Waals surface area contributed by atoms with E-state index in [4.69, 9.17) is 0 Å². The summed E-state index contributed by atoms with van der Waals surface area (Å²) in [5.74, 6) is -1.07. The minimum Gasteiger partial charge on any atom is -0.267 e. The molecule has 0 radical (unpaired) electrons. The monoisotopic (exact) mass is 287 g/mol. The molecule has 0 saturated carbocycles. The van der Waals surface area contributed by atoms with Gasteiger partial charge in [-0.05, 0) is 24.3 Å². The molecule has 0 aromatic heterocycles. The Kier molecular flexibility index (Phi) is 4.40. The van der Waals surface area contributed by atoms with Crippen molar-refractivity contribution in [3.8, 4) is 0 Å². The van der Waals surface area contributed by atoms with Gasteiger partial charge in [0.25, 0.3) is 5.91 Å². The summed E-state index contributed by atoms with van der Waals surface area (Å²) in [5.41, 5.74) is 0.247. The van der Waals surface area contributed by atoms with Crippen molar-refractivity contribution < 1.29 is 36.0 Å². The summed E-state index contributed by atoms with van der Waals surface area (Å²) in [6, 6.07) is 2.93. The largest absolute Gasteiger partial charge is 0.416 e. The van der Waals surface area contributed by atoms with Crippen LogP contribution in [0.2, 0.25) is 0 Å². The van der Waals surface area contributed by atoms with Crippen molar-refractivity contribution in [3.63, 3.8) is 0 Å². The summed E-state index contributed by atoms with van der Waals surface area (Å²) in [4.78, 5) is 15.1.